The molecule has 0 unspecified atom stereocenters. The zero-order valence-corrected chi connectivity index (χ0v) is 11.4. The molecule has 15 heteroatoms. The van der Waals surface area contributed by atoms with Crippen molar-refractivity contribution < 1.29 is 50.4 Å². The highest BCUT2D eigenvalue weighted by Crippen LogP contribution is 2.50. The van der Waals surface area contributed by atoms with Crippen LogP contribution in [-0.2, 0) is 27.5 Å². The summed E-state index contributed by atoms with van der Waals surface area (Å²) in [5.41, 5.74) is -11.9. The van der Waals surface area contributed by atoms with E-state index in [-0.39, 0.29) is 0 Å². The predicted octanol–water partition coefficient (Wildman–Crippen LogP) is 1.61. The Labute approximate surface area is 105 Å². The number of hydrogen-bond donors (Lipinski definition) is 0. The van der Waals surface area contributed by atoms with Crippen LogP contribution < -0.4 is 0 Å². The molecule has 0 atom stereocenters. The first-order valence-electron chi connectivity index (χ1n) is 3.69. The molecule has 0 rings (SSSR count). The average Bonchev–Trinajstić information content (AvgIpc) is 1.93. The van der Waals surface area contributed by atoms with Crippen molar-refractivity contribution in [2.75, 3.05) is 12.5 Å². The highest BCUT2D eigenvalue weighted by Gasteiger charge is 2.53. The summed E-state index contributed by atoms with van der Waals surface area (Å²) in [4.78, 5) is 0. The first-order valence-corrected chi connectivity index (χ1v) is 8.81. The molecule has 0 N–H and O–H groups in total. The summed E-state index contributed by atoms with van der Waals surface area (Å²) in [5, 5.41) is 0. The smallest absolute Gasteiger partial charge is 0.188 e. The van der Waals surface area contributed by atoms with Crippen molar-refractivity contribution in [2.45, 2.75) is 11.0 Å². The van der Waals surface area contributed by atoms with Gasteiger partial charge in [-0.25, -0.2) is 0 Å². The second-order valence-corrected chi connectivity index (χ2v) is 9.20. The van der Waals surface area contributed by atoms with Gasteiger partial charge < -0.3 is 0 Å². The van der Waals surface area contributed by atoms with Gasteiger partial charge in [0.15, 0.2) is 0 Å². The van der Waals surface area contributed by atoms with Crippen LogP contribution in [0, 0.1) is 0 Å². The maximum Gasteiger partial charge on any atom is 0.524 e. The molecule has 118 valence electrons. The van der Waals surface area contributed by atoms with E-state index in [2.05, 4.69) is 7.26 Å². The minimum Gasteiger partial charge on any atom is -0.188 e. The lowest BCUT2D eigenvalue weighted by atomic mass is 11.6. The molecule has 6 nitrogen and oxygen atoms in total. The van der Waals surface area contributed by atoms with Gasteiger partial charge in [-0.3, -0.25) is 0 Å². The summed E-state index contributed by atoms with van der Waals surface area (Å²) in [6, 6.07) is 0. The molecule has 0 aromatic carbocycles. The summed E-state index contributed by atoms with van der Waals surface area (Å²) < 4.78 is 120. The highest BCUT2D eigenvalue weighted by molar-refractivity contribution is 8.31. The van der Waals surface area contributed by atoms with Crippen LogP contribution in [0.4, 0.5) is 26.3 Å². The fraction of sp³-hybridized carbons (Fsp3) is 1.00. The zero-order chi connectivity index (χ0) is 15.9. The third-order valence-corrected chi connectivity index (χ3v) is 6.26. The van der Waals surface area contributed by atoms with Gasteiger partial charge in [-0.1, -0.05) is 0 Å². The Hall–Kier alpha value is -0.250. The van der Waals surface area contributed by atoms with E-state index in [0.29, 0.717) is 12.5 Å². The Morgan fingerprint density at radius 3 is 1.05 bits per heavy atom. The van der Waals surface area contributed by atoms with Crippen LogP contribution in [0.2, 0.25) is 0 Å². The van der Waals surface area contributed by atoms with Crippen molar-refractivity contribution in [3.63, 3.8) is 0 Å². The van der Waals surface area contributed by atoms with E-state index in [1.165, 1.54) is 0 Å². The van der Waals surface area contributed by atoms with Gasteiger partial charge in [0, 0.05) is 12.5 Å². The van der Waals surface area contributed by atoms with E-state index in [9.17, 15) is 43.2 Å². The fourth-order valence-corrected chi connectivity index (χ4v) is 4.88. The molecule has 0 aromatic heterocycles. The summed E-state index contributed by atoms with van der Waals surface area (Å²) in [5.74, 6) is 0. The van der Waals surface area contributed by atoms with Gasteiger partial charge in [-0.05, 0) is 0 Å². The van der Waals surface area contributed by atoms with Crippen LogP contribution in [0.3, 0.4) is 0 Å². The minimum absolute atomic E-state index is 0.333. The van der Waals surface area contributed by atoms with Crippen molar-refractivity contribution in [2.24, 2.45) is 0 Å². The average molecular weight is 360 g/mol. The van der Waals surface area contributed by atoms with E-state index in [0.717, 1.165) is 0 Å². The standard InChI is InChI=1S/C4H6F6O6S3/c1-17(2,15-18(11,12)3(5,6)7)16-19(13,14)4(8,9)10/h1-2H3. The topological polar surface area (TPSA) is 86.7 Å². The minimum atomic E-state index is -6.29. The molecule has 0 aliphatic rings. The van der Waals surface area contributed by atoms with Gasteiger partial charge in [0.25, 0.3) is 0 Å². The molecule has 0 aliphatic heterocycles. The molecule has 0 fully saturated rings. The second kappa shape index (κ2) is 4.94. The van der Waals surface area contributed by atoms with Gasteiger partial charge in [-0.2, -0.15) is 61.0 Å². The highest BCUT2D eigenvalue weighted by atomic mass is 32.4. The number of halogens is 6. The molecule has 0 amide bonds. The van der Waals surface area contributed by atoms with Crippen LogP contribution in [0.5, 0.6) is 0 Å². The molecule has 0 aromatic rings. The molecule has 0 bridgehead atoms. The molecule has 0 heterocycles. The number of hydrogen-bond acceptors (Lipinski definition) is 6. The van der Waals surface area contributed by atoms with E-state index < -0.39 is 41.8 Å². The lowest BCUT2D eigenvalue weighted by Gasteiger charge is -2.32. The first kappa shape index (κ1) is 18.8. The molecular formula is C4H6F6O6S3. The normalized spacial score (nSPS) is 16.4. The summed E-state index contributed by atoms with van der Waals surface area (Å²) in [6.45, 7) is 0. The van der Waals surface area contributed by atoms with Gasteiger partial charge in [0.2, 0.25) is 0 Å². The number of alkyl halides is 6. The molecule has 0 spiro atoms. The van der Waals surface area contributed by atoms with Crippen LogP contribution >= 0.6 is 10.6 Å². The van der Waals surface area contributed by atoms with Gasteiger partial charge in [0.1, 0.15) is 0 Å². The van der Waals surface area contributed by atoms with Gasteiger partial charge >= 0.3 is 31.3 Å². The molecule has 0 saturated carbocycles. The maximum atomic E-state index is 11.9. The first-order chi connectivity index (χ1) is 7.91. The Morgan fingerprint density at radius 2 is 0.895 bits per heavy atom. The monoisotopic (exact) mass is 360 g/mol. The Kier molecular flexibility index (Phi) is 4.88. The van der Waals surface area contributed by atoms with Crippen molar-refractivity contribution in [3.05, 3.63) is 0 Å². The Balaban J connectivity index is 5.27. The zero-order valence-electron chi connectivity index (χ0n) is 8.94. The van der Waals surface area contributed by atoms with Crippen molar-refractivity contribution in [1.29, 1.82) is 0 Å². The maximum absolute atomic E-state index is 11.9. The summed E-state index contributed by atoms with van der Waals surface area (Å²) in [7, 11) is -16.8. The summed E-state index contributed by atoms with van der Waals surface area (Å²) in [6.07, 6.45) is 0.666. The van der Waals surface area contributed by atoms with E-state index in [1.54, 1.807) is 0 Å². The third-order valence-electron chi connectivity index (χ3n) is 1.07. The predicted molar refractivity (Wildman–Crippen MR) is 51.6 cm³/mol. The summed E-state index contributed by atoms with van der Waals surface area (Å²) >= 11 is 0. The van der Waals surface area contributed by atoms with Gasteiger partial charge in [-0.15, -0.1) is 0 Å². The van der Waals surface area contributed by atoms with Crippen LogP contribution in [0.1, 0.15) is 0 Å². The molecule has 19 heavy (non-hydrogen) atoms. The van der Waals surface area contributed by atoms with E-state index in [1.807, 2.05) is 0 Å². The van der Waals surface area contributed by atoms with E-state index >= 15 is 0 Å². The molecule has 0 saturated heterocycles. The van der Waals surface area contributed by atoms with Crippen LogP contribution in [0.15, 0.2) is 0 Å². The van der Waals surface area contributed by atoms with Crippen LogP contribution in [-0.4, -0.2) is 40.4 Å². The molecular weight excluding hydrogens is 354 g/mol. The SMILES string of the molecule is CS(C)(OS(=O)(=O)C(F)(F)F)OS(=O)(=O)C(F)(F)F. The lowest BCUT2D eigenvalue weighted by Crippen LogP contribution is -2.31. The van der Waals surface area contributed by atoms with E-state index in [4.69, 9.17) is 0 Å². The third kappa shape index (κ3) is 4.97. The van der Waals surface area contributed by atoms with Crippen LogP contribution in [0.25, 0.3) is 0 Å². The van der Waals surface area contributed by atoms with Crippen molar-refractivity contribution in [1.82, 2.24) is 0 Å². The molecule has 0 radical (unpaired) electrons. The fourth-order valence-electron chi connectivity index (χ4n) is 0.520. The molecule has 0 aliphatic carbocycles. The quantitative estimate of drug-likeness (QED) is 0.559. The van der Waals surface area contributed by atoms with Crippen molar-refractivity contribution in [3.8, 4) is 0 Å². The Bertz CT molecular complexity index is 478. The Morgan fingerprint density at radius 1 is 0.684 bits per heavy atom. The largest absolute Gasteiger partial charge is 0.524 e. The lowest BCUT2D eigenvalue weighted by molar-refractivity contribution is -0.0510. The number of rotatable bonds is 4. The van der Waals surface area contributed by atoms with Gasteiger partial charge in [0.05, 0.1) is 0 Å². The van der Waals surface area contributed by atoms with Crippen molar-refractivity contribution >= 4 is 30.8 Å². The second-order valence-electron chi connectivity index (χ2n) is 3.08.